The van der Waals surface area contributed by atoms with Gasteiger partial charge in [-0.1, -0.05) is 5.16 Å². The Morgan fingerprint density at radius 2 is 2.16 bits per heavy atom. The van der Waals surface area contributed by atoms with Gasteiger partial charge in [-0.3, -0.25) is 4.79 Å². The lowest BCUT2D eigenvalue weighted by Gasteiger charge is -2.07. The van der Waals surface area contributed by atoms with Gasteiger partial charge in [-0.25, -0.2) is 9.18 Å². The summed E-state index contributed by atoms with van der Waals surface area (Å²) >= 11 is 0. The number of carboxylic acids is 1. The molecule has 7 heteroatoms. The normalized spacial score (nSPS) is 10.2. The van der Waals surface area contributed by atoms with Crippen LogP contribution in [0, 0.1) is 12.7 Å². The summed E-state index contributed by atoms with van der Waals surface area (Å²) in [6.07, 6.45) is 1.35. The number of hydrogen-bond acceptors (Lipinski definition) is 4. The van der Waals surface area contributed by atoms with Gasteiger partial charge in [0.2, 0.25) is 5.76 Å². The average Bonchev–Trinajstić information content (AvgIpc) is 2.75. The van der Waals surface area contributed by atoms with Crippen molar-refractivity contribution in [3.63, 3.8) is 0 Å². The third-order valence-electron chi connectivity index (χ3n) is 2.41. The largest absolute Gasteiger partial charge is 0.478 e. The van der Waals surface area contributed by atoms with E-state index in [0.29, 0.717) is 5.56 Å². The number of halogens is 1. The van der Waals surface area contributed by atoms with Crippen molar-refractivity contribution in [2.45, 2.75) is 6.92 Å². The van der Waals surface area contributed by atoms with E-state index in [9.17, 15) is 14.0 Å². The molecule has 1 heterocycles. The van der Waals surface area contributed by atoms with Crippen LogP contribution >= 0.6 is 0 Å². The number of nitrogens with zero attached hydrogens (tertiary/aromatic N) is 1. The van der Waals surface area contributed by atoms with E-state index in [1.807, 2.05) is 0 Å². The van der Waals surface area contributed by atoms with E-state index < -0.39 is 17.7 Å². The zero-order valence-corrected chi connectivity index (χ0v) is 9.81. The summed E-state index contributed by atoms with van der Waals surface area (Å²) in [6.45, 7) is 1.61. The summed E-state index contributed by atoms with van der Waals surface area (Å²) in [7, 11) is 0. The fourth-order valence-corrected chi connectivity index (χ4v) is 1.49. The highest BCUT2D eigenvalue weighted by atomic mass is 19.1. The van der Waals surface area contributed by atoms with E-state index in [1.54, 1.807) is 6.92 Å². The molecule has 6 nitrogen and oxygen atoms in total. The van der Waals surface area contributed by atoms with Crippen LogP contribution in [0.3, 0.4) is 0 Å². The maximum absolute atomic E-state index is 13.1. The summed E-state index contributed by atoms with van der Waals surface area (Å²) in [5, 5.41) is 14.7. The average molecular weight is 264 g/mol. The van der Waals surface area contributed by atoms with E-state index >= 15 is 0 Å². The van der Waals surface area contributed by atoms with Crippen LogP contribution in [0.1, 0.15) is 26.5 Å². The van der Waals surface area contributed by atoms with E-state index in [4.69, 9.17) is 9.63 Å². The van der Waals surface area contributed by atoms with Crippen LogP contribution in [0.15, 0.2) is 28.9 Å². The molecule has 0 aliphatic rings. The third kappa shape index (κ3) is 2.59. The van der Waals surface area contributed by atoms with Gasteiger partial charge in [0.1, 0.15) is 5.82 Å². The second-order valence-corrected chi connectivity index (χ2v) is 3.79. The Hall–Kier alpha value is -2.70. The van der Waals surface area contributed by atoms with E-state index in [-0.39, 0.29) is 17.0 Å². The van der Waals surface area contributed by atoms with Crippen LogP contribution in [0.4, 0.5) is 10.1 Å². The molecule has 0 atom stereocenters. The summed E-state index contributed by atoms with van der Waals surface area (Å²) in [4.78, 5) is 22.8. The first-order chi connectivity index (χ1) is 8.99. The summed E-state index contributed by atoms with van der Waals surface area (Å²) in [6, 6.07) is 2.99. The van der Waals surface area contributed by atoms with Gasteiger partial charge in [0, 0.05) is 5.56 Å². The fourth-order valence-electron chi connectivity index (χ4n) is 1.49. The van der Waals surface area contributed by atoms with Crippen molar-refractivity contribution in [2.24, 2.45) is 0 Å². The number of aromatic carboxylic acids is 1. The number of benzene rings is 1. The molecular formula is C12H9FN2O4. The van der Waals surface area contributed by atoms with E-state index in [2.05, 4.69) is 10.5 Å². The SMILES string of the molecule is Cc1cnoc1C(=O)Nc1cc(F)ccc1C(=O)O. The molecule has 0 unspecified atom stereocenters. The number of aromatic nitrogens is 1. The molecule has 1 amide bonds. The predicted octanol–water partition coefficient (Wildman–Crippen LogP) is 2.07. The van der Waals surface area contributed by atoms with Crippen molar-refractivity contribution < 1.29 is 23.6 Å². The lowest BCUT2D eigenvalue weighted by Crippen LogP contribution is -2.15. The van der Waals surface area contributed by atoms with Crippen LogP contribution < -0.4 is 5.32 Å². The third-order valence-corrected chi connectivity index (χ3v) is 2.41. The molecule has 0 saturated carbocycles. The molecule has 0 saturated heterocycles. The molecule has 0 spiro atoms. The Bertz CT molecular complexity index is 651. The van der Waals surface area contributed by atoms with Crippen LogP contribution in [-0.2, 0) is 0 Å². The van der Waals surface area contributed by atoms with Gasteiger partial charge in [0.15, 0.2) is 0 Å². The van der Waals surface area contributed by atoms with Gasteiger partial charge >= 0.3 is 5.97 Å². The van der Waals surface area contributed by atoms with Gasteiger partial charge < -0.3 is 14.9 Å². The number of nitrogens with one attached hydrogen (secondary N) is 1. The number of carbonyl (C=O) groups is 2. The standard InChI is InChI=1S/C12H9FN2O4/c1-6-5-14-19-10(6)11(16)15-9-4-7(13)2-3-8(9)12(17)18/h2-5H,1H3,(H,15,16)(H,17,18). The first kappa shape index (κ1) is 12.7. The monoisotopic (exact) mass is 264 g/mol. The molecule has 2 rings (SSSR count). The number of hydrogen-bond donors (Lipinski definition) is 2. The van der Waals surface area contributed by atoms with Crippen molar-refractivity contribution in [2.75, 3.05) is 5.32 Å². The molecule has 1 aromatic heterocycles. The van der Waals surface area contributed by atoms with Gasteiger partial charge in [-0.15, -0.1) is 0 Å². The maximum atomic E-state index is 13.1. The molecule has 1 aromatic carbocycles. The molecule has 19 heavy (non-hydrogen) atoms. The number of aryl methyl sites for hydroxylation is 1. The highest BCUT2D eigenvalue weighted by Crippen LogP contribution is 2.19. The minimum absolute atomic E-state index is 0.0550. The first-order valence-electron chi connectivity index (χ1n) is 5.24. The molecule has 0 fully saturated rings. The van der Waals surface area contributed by atoms with Crippen molar-refractivity contribution in [1.29, 1.82) is 0 Å². The Kier molecular flexibility index (Phi) is 3.28. The second kappa shape index (κ2) is 4.89. The highest BCUT2D eigenvalue weighted by molar-refractivity contribution is 6.06. The van der Waals surface area contributed by atoms with E-state index in [1.165, 1.54) is 6.20 Å². The Morgan fingerprint density at radius 3 is 2.74 bits per heavy atom. The number of amides is 1. The quantitative estimate of drug-likeness (QED) is 0.885. The topological polar surface area (TPSA) is 92.4 Å². The molecule has 98 valence electrons. The summed E-state index contributed by atoms with van der Waals surface area (Å²) in [5.41, 5.74) is 0.131. The molecule has 0 radical (unpaired) electrons. The number of rotatable bonds is 3. The van der Waals surface area contributed by atoms with Crippen LogP contribution in [0.5, 0.6) is 0 Å². The summed E-state index contributed by atoms with van der Waals surface area (Å²) in [5.74, 6) is -2.68. The van der Waals surface area contributed by atoms with Gasteiger partial charge in [0.05, 0.1) is 17.4 Å². The van der Waals surface area contributed by atoms with Crippen LogP contribution in [-0.4, -0.2) is 22.1 Å². The highest BCUT2D eigenvalue weighted by Gasteiger charge is 2.18. The molecule has 0 aliphatic carbocycles. The summed E-state index contributed by atoms with van der Waals surface area (Å²) < 4.78 is 17.8. The smallest absolute Gasteiger partial charge is 0.337 e. The maximum Gasteiger partial charge on any atom is 0.337 e. The molecule has 0 bridgehead atoms. The lowest BCUT2D eigenvalue weighted by atomic mass is 10.1. The lowest BCUT2D eigenvalue weighted by molar-refractivity contribution is 0.0698. The Labute approximate surface area is 106 Å². The van der Waals surface area contributed by atoms with Gasteiger partial charge in [0.25, 0.3) is 5.91 Å². The first-order valence-corrected chi connectivity index (χ1v) is 5.24. The Morgan fingerprint density at radius 1 is 1.42 bits per heavy atom. The van der Waals surface area contributed by atoms with Crippen molar-refractivity contribution in [1.82, 2.24) is 5.16 Å². The van der Waals surface area contributed by atoms with Crippen molar-refractivity contribution in [3.05, 3.63) is 47.1 Å². The van der Waals surface area contributed by atoms with Gasteiger partial charge in [-0.05, 0) is 25.1 Å². The zero-order valence-electron chi connectivity index (χ0n) is 9.81. The number of carboxylic acid groups (broad SMARTS) is 1. The second-order valence-electron chi connectivity index (χ2n) is 3.79. The molecule has 2 aromatic rings. The van der Waals surface area contributed by atoms with Crippen LogP contribution in [0.2, 0.25) is 0 Å². The van der Waals surface area contributed by atoms with Crippen LogP contribution in [0.25, 0.3) is 0 Å². The Balaban J connectivity index is 2.33. The molecule has 0 aliphatic heterocycles. The predicted molar refractivity (Wildman–Crippen MR) is 62.6 cm³/mol. The van der Waals surface area contributed by atoms with Crippen molar-refractivity contribution in [3.8, 4) is 0 Å². The molecule has 2 N–H and O–H groups in total. The van der Waals surface area contributed by atoms with Gasteiger partial charge in [-0.2, -0.15) is 0 Å². The fraction of sp³-hybridized carbons (Fsp3) is 0.0833. The zero-order chi connectivity index (χ0) is 14.0. The molecular weight excluding hydrogens is 255 g/mol. The van der Waals surface area contributed by atoms with E-state index in [0.717, 1.165) is 18.2 Å². The van der Waals surface area contributed by atoms with Crippen molar-refractivity contribution >= 4 is 17.6 Å². The minimum atomic E-state index is -1.27. The minimum Gasteiger partial charge on any atom is -0.478 e. The number of anilines is 1. The number of carbonyl (C=O) groups excluding carboxylic acids is 1.